The SMILES string of the molecule is O=C1C=CC(=O)N1CCOCCOC[C@H]1CC2(COCCOCCN3C(=O)C=CC3=O)CC1C2. The minimum atomic E-state index is -0.291. The predicted molar refractivity (Wildman–Crippen MR) is 118 cm³/mol. The number of fused-ring (bicyclic) bond motifs is 1. The van der Waals surface area contributed by atoms with Crippen LogP contribution in [0.4, 0.5) is 0 Å². The number of rotatable bonds is 16. The molecular formula is C24H32N2O8. The number of hydrogen-bond donors (Lipinski definition) is 0. The highest BCUT2D eigenvalue weighted by Gasteiger charge is 2.55. The summed E-state index contributed by atoms with van der Waals surface area (Å²) in [6.45, 7) is 4.45. The predicted octanol–water partition coefficient (Wildman–Crippen LogP) is 0.319. The van der Waals surface area contributed by atoms with Crippen molar-refractivity contribution in [2.45, 2.75) is 19.3 Å². The molecule has 2 heterocycles. The summed E-state index contributed by atoms with van der Waals surface area (Å²) in [5.41, 5.74) is 0.262. The Morgan fingerprint density at radius 3 is 1.65 bits per heavy atom. The molecule has 0 saturated heterocycles. The van der Waals surface area contributed by atoms with Crippen molar-refractivity contribution in [2.24, 2.45) is 17.3 Å². The summed E-state index contributed by atoms with van der Waals surface area (Å²) in [5, 5.41) is 0. The van der Waals surface area contributed by atoms with Gasteiger partial charge in [0.2, 0.25) is 0 Å². The van der Waals surface area contributed by atoms with Crippen LogP contribution in [0.15, 0.2) is 24.3 Å². The van der Waals surface area contributed by atoms with Gasteiger partial charge in [0.1, 0.15) is 0 Å². The average Bonchev–Trinajstić information content (AvgIpc) is 3.51. The highest BCUT2D eigenvalue weighted by Crippen LogP contribution is 2.61. The summed E-state index contributed by atoms with van der Waals surface area (Å²) in [6.07, 6.45) is 8.55. The molecule has 3 saturated carbocycles. The summed E-state index contributed by atoms with van der Waals surface area (Å²) in [5.74, 6) is 0.0877. The molecule has 10 nitrogen and oxygen atoms in total. The minimum Gasteiger partial charge on any atom is -0.379 e. The average molecular weight is 477 g/mol. The molecule has 0 N–H and O–H groups in total. The van der Waals surface area contributed by atoms with Gasteiger partial charge in [-0.25, -0.2) is 0 Å². The maximum atomic E-state index is 11.5. The Kier molecular flexibility index (Phi) is 8.25. The van der Waals surface area contributed by atoms with Crippen LogP contribution in [0.1, 0.15) is 19.3 Å². The van der Waals surface area contributed by atoms with Gasteiger partial charge in [-0.3, -0.25) is 29.0 Å². The lowest BCUT2D eigenvalue weighted by Crippen LogP contribution is -2.34. The number of amides is 4. The van der Waals surface area contributed by atoms with Crippen LogP contribution >= 0.6 is 0 Å². The summed E-state index contributed by atoms with van der Waals surface area (Å²) < 4.78 is 22.6. The molecule has 186 valence electrons. The van der Waals surface area contributed by atoms with Gasteiger partial charge < -0.3 is 18.9 Å². The van der Waals surface area contributed by atoms with E-state index in [1.807, 2.05) is 0 Å². The van der Waals surface area contributed by atoms with Crippen LogP contribution in [0.25, 0.3) is 0 Å². The molecule has 3 fully saturated rings. The lowest BCUT2D eigenvalue weighted by atomic mass is 9.70. The third-order valence-electron chi connectivity index (χ3n) is 6.96. The van der Waals surface area contributed by atoms with E-state index in [-0.39, 0.29) is 42.1 Å². The lowest BCUT2D eigenvalue weighted by molar-refractivity contribution is -0.139. The van der Waals surface area contributed by atoms with Crippen LogP contribution in [-0.2, 0) is 38.1 Å². The van der Waals surface area contributed by atoms with Crippen LogP contribution in [0.2, 0.25) is 0 Å². The quantitative estimate of drug-likeness (QED) is 0.231. The van der Waals surface area contributed by atoms with Gasteiger partial charge in [0.25, 0.3) is 23.6 Å². The van der Waals surface area contributed by atoms with Crippen molar-refractivity contribution in [2.75, 3.05) is 65.9 Å². The summed E-state index contributed by atoms with van der Waals surface area (Å²) in [4.78, 5) is 48.1. The molecule has 2 aliphatic heterocycles. The van der Waals surface area contributed by atoms with E-state index in [0.29, 0.717) is 58.1 Å². The van der Waals surface area contributed by atoms with Crippen LogP contribution in [0.5, 0.6) is 0 Å². The normalized spacial score (nSPS) is 27.5. The van der Waals surface area contributed by atoms with Crippen LogP contribution < -0.4 is 0 Å². The molecule has 34 heavy (non-hydrogen) atoms. The van der Waals surface area contributed by atoms with Crippen molar-refractivity contribution in [1.29, 1.82) is 0 Å². The Morgan fingerprint density at radius 2 is 1.12 bits per heavy atom. The molecule has 2 bridgehead atoms. The Labute approximate surface area is 198 Å². The fourth-order valence-electron chi connectivity index (χ4n) is 5.23. The number of imide groups is 2. The van der Waals surface area contributed by atoms with E-state index in [9.17, 15) is 19.2 Å². The Balaban J connectivity index is 0.973. The van der Waals surface area contributed by atoms with Gasteiger partial charge in [-0.1, -0.05) is 0 Å². The zero-order valence-corrected chi connectivity index (χ0v) is 19.3. The zero-order valence-electron chi connectivity index (χ0n) is 19.3. The van der Waals surface area contributed by atoms with Gasteiger partial charge in [-0.15, -0.1) is 0 Å². The topological polar surface area (TPSA) is 112 Å². The van der Waals surface area contributed by atoms with E-state index in [1.165, 1.54) is 37.1 Å². The van der Waals surface area contributed by atoms with Gasteiger partial charge in [0.15, 0.2) is 0 Å². The molecule has 3 aliphatic carbocycles. The Morgan fingerprint density at radius 1 is 0.647 bits per heavy atom. The monoisotopic (exact) mass is 476 g/mol. The van der Waals surface area contributed by atoms with E-state index in [4.69, 9.17) is 18.9 Å². The molecule has 0 aromatic rings. The van der Waals surface area contributed by atoms with E-state index in [0.717, 1.165) is 22.8 Å². The zero-order chi connectivity index (χ0) is 24.0. The first-order valence-electron chi connectivity index (χ1n) is 11.9. The lowest BCUT2D eigenvalue weighted by Gasteiger charge is -2.38. The molecule has 4 amide bonds. The van der Waals surface area contributed by atoms with Crippen LogP contribution in [0.3, 0.4) is 0 Å². The summed E-state index contributed by atoms with van der Waals surface area (Å²) in [6, 6.07) is 0. The van der Waals surface area contributed by atoms with E-state index < -0.39 is 0 Å². The third kappa shape index (κ3) is 5.99. The van der Waals surface area contributed by atoms with Crippen molar-refractivity contribution < 1.29 is 38.1 Å². The van der Waals surface area contributed by atoms with Gasteiger partial charge in [0.05, 0.1) is 59.3 Å². The van der Waals surface area contributed by atoms with Crippen LogP contribution in [-0.4, -0.2) is 99.4 Å². The molecule has 5 rings (SSSR count). The van der Waals surface area contributed by atoms with Crippen LogP contribution in [0, 0.1) is 17.3 Å². The standard InChI is InChI=1S/C24H32N2O8/c27-20-1-2-21(28)25(20)5-7-31-9-11-33-16-19-15-24(13-18(19)14-24)17-34-12-10-32-8-6-26-22(29)3-4-23(26)30/h1-4,18-19H,5-17H2/t18?,19-,24?/m1/s1. The van der Waals surface area contributed by atoms with E-state index >= 15 is 0 Å². The number of hydrogen-bond acceptors (Lipinski definition) is 8. The van der Waals surface area contributed by atoms with Gasteiger partial charge in [-0.05, 0) is 36.5 Å². The highest BCUT2D eigenvalue weighted by molar-refractivity contribution is 6.13. The third-order valence-corrected chi connectivity index (χ3v) is 6.96. The minimum absolute atomic E-state index is 0.262. The van der Waals surface area contributed by atoms with E-state index in [2.05, 4.69) is 0 Å². The first-order chi connectivity index (χ1) is 16.5. The number of nitrogens with zero attached hydrogens (tertiary/aromatic N) is 2. The number of ether oxygens (including phenoxy) is 4. The first kappa shape index (κ1) is 24.7. The molecule has 0 radical (unpaired) electrons. The maximum Gasteiger partial charge on any atom is 0.253 e. The second-order valence-corrected chi connectivity index (χ2v) is 9.31. The molecule has 1 atom stereocenters. The van der Waals surface area contributed by atoms with Gasteiger partial charge in [0, 0.05) is 30.9 Å². The van der Waals surface area contributed by atoms with Crippen molar-refractivity contribution in [3.63, 3.8) is 0 Å². The first-order valence-corrected chi connectivity index (χ1v) is 11.9. The number of carbonyl (C=O) groups excluding carboxylic acids is 4. The molecule has 0 aromatic heterocycles. The highest BCUT2D eigenvalue weighted by atomic mass is 16.5. The fraction of sp³-hybridized carbons (Fsp3) is 0.667. The molecule has 10 heteroatoms. The van der Waals surface area contributed by atoms with E-state index in [1.54, 1.807) is 0 Å². The Hall–Kier alpha value is -2.40. The molecule has 0 aromatic carbocycles. The number of carbonyl (C=O) groups is 4. The second-order valence-electron chi connectivity index (χ2n) is 9.31. The summed E-state index contributed by atoms with van der Waals surface area (Å²) in [7, 11) is 0. The van der Waals surface area contributed by atoms with Gasteiger partial charge in [-0.2, -0.15) is 0 Å². The van der Waals surface area contributed by atoms with Crippen molar-refractivity contribution in [3.8, 4) is 0 Å². The summed E-state index contributed by atoms with van der Waals surface area (Å²) >= 11 is 0. The second kappa shape index (κ2) is 11.4. The fourth-order valence-corrected chi connectivity index (χ4v) is 5.23. The molecule has 0 unspecified atom stereocenters. The molecule has 0 spiro atoms. The molecule has 5 aliphatic rings. The maximum absolute atomic E-state index is 11.5. The Bertz CT molecular complexity index is 812. The van der Waals surface area contributed by atoms with Crippen molar-refractivity contribution >= 4 is 23.6 Å². The molecular weight excluding hydrogens is 444 g/mol. The van der Waals surface area contributed by atoms with Crippen molar-refractivity contribution in [3.05, 3.63) is 24.3 Å². The largest absolute Gasteiger partial charge is 0.379 e. The van der Waals surface area contributed by atoms with Gasteiger partial charge >= 0.3 is 0 Å². The smallest absolute Gasteiger partial charge is 0.253 e. The van der Waals surface area contributed by atoms with Crippen molar-refractivity contribution in [1.82, 2.24) is 9.80 Å².